The zero-order chi connectivity index (χ0) is 30.2. The van der Waals surface area contributed by atoms with Crippen LogP contribution >= 0.6 is 0 Å². The first-order chi connectivity index (χ1) is 19.1. The maximum atomic E-state index is 11.9. The van der Waals surface area contributed by atoms with Gasteiger partial charge in [0.2, 0.25) is 0 Å². The second-order valence-corrected chi connectivity index (χ2v) is 14.7. The summed E-state index contributed by atoms with van der Waals surface area (Å²) in [4.78, 5) is 11.3. The van der Waals surface area contributed by atoms with Crippen molar-refractivity contribution in [2.45, 2.75) is 121 Å². The first kappa shape index (κ1) is 31.5. The highest BCUT2D eigenvalue weighted by molar-refractivity contribution is 5.66. The number of aliphatic hydroxyl groups is 7. The summed E-state index contributed by atoms with van der Waals surface area (Å²) in [6, 6.07) is 0. The third-order valence-corrected chi connectivity index (χ3v) is 13.1. The maximum absolute atomic E-state index is 11.9. The molecule has 10 N–H and O–H groups in total. The molecule has 236 valence electrons. The van der Waals surface area contributed by atoms with Gasteiger partial charge in [0, 0.05) is 6.42 Å². The molecule has 17 atom stereocenters. The van der Waals surface area contributed by atoms with Crippen LogP contribution in [0.1, 0.15) is 72.1 Å². The molecule has 1 aliphatic heterocycles. The number of hydrogen-bond donors (Lipinski definition) is 9. The van der Waals surface area contributed by atoms with E-state index in [0.717, 1.165) is 12.8 Å². The van der Waals surface area contributed by atoms with Gasteiger partial charge >= 0.3 is 5.97 Å². The second kappa shape index (κ2) is 10.9. The fourth-order valence-corrected chi connectivity index (χ4v) is 10.9. The quantitative estimate of drug-likeness (QED) is 0.186. The molecule has 4 aliphatic carbocycles. The molecule has 11 nitrogen and oxygen atoms in total. The number of carboxylic acid groups (broad SMARTS) is 1. The normalized spacial score (nSPS) is 55.9. The van der Waals surface area contributed by atoms with Gasteiger partial charge in [-0.3, -0.25) is 10.5 Å². The summed E-state index contributed by atoms with van der Waals surface area (Å²) in [5.74, 6) is -1.64. The van der Waals surface area contributed by atoms with Crippen molar-refractivity contribution in [3.05, 3.63) is 0 Å². The third kappa shape index (κ3) is 4.69. The van der Waals surface area contributed by atoms with Gasteiger partial charge in [-0.2, -0.15) is 0 Å². The summed E-state index contributed by atoms with van der Waals surface area (Å²) >= 11 is 0. The Labute approximate surface area is 241 Å². The molecule has 0 radical (unpaired) electrons. The number of hydrogen-bond acceptors (Lipinski definition) is 10. The molecule has 0 aromatic heterocycles. The van der Waals surface area contributed by atoms with Gasteiger partial charge in [-0.1, -0.05) is 20.8 Å². The first-order valence-corrected chi connectivity index (χ1v) is 15.5. The number of aliphatic carboxylic acids is 1. The van der Waals surface area contributed by atoms with E-state index in [9.17, 15) is 45.6 Å². The molecule has 4 saturated carbocycles. The van der Waals surface area contributed by atoms with Crippen molar-refractivity contribution >= 4 is 5.97 Å². The summed E-state index contributed by atoms with van der Waals surface area (Å²) in [7, 11) is 0. The summed E-state index contributed by atoms with van der Waals surface area (Å²) in [6.07, 6.45) is -4.03. The molecule has 5 fully saturated rings. The Balaban J connectivity index is 1.51. The van der Waals surface area contributed by atoms with E-state index in [2.05, 4.69) is 20.8 Å². The molecule has 0 amide bonds. The SMILES string of the molecule is C[C@H](CCC(=O)O)[C@H]1CC[C@H]2[C@@H]3[C@H](O)C[C@@H]4C[C@H](O)CC(C5O[C@H](CO)[C@@H](O)[C@](N)(O)[C@H]5O)[C@]4(C)[C@H]3C[C@H](O)[C@]12C. The van der Waals surface area contributed by atoms with Crippen LogP contribution < -0.4 is 5.73 Å². The predicted octanol–water partition coefficient (Wildman–Crippen LogP) is -0.196. The van der Waals surface area contributed by atoms with Crippen molar-refractivity contribution in [1.82, 2.24) is 0 Å². The summed E-state index contributed by atoms with van der Waals surface area (Å²) in [6.45, 7) is 5.63. The first-order valence-electron chi connectivity index (χ1n) is 15.5. The fourth-order valence-electron chi connectivity index (χ4n) is 10.9. The number of fused-ring (bicyclic) bond motifs is 5. The van der Waals surface area contributed by atoms with Crippen LogP contribution in [0, 0.1) is 52.3 Å². The van der Waals surface area contributed by atoms with Crippen molar-refractivity contribution in [3.8, 4) is 0 Å². The number of aliphatic hydroxyl groups excluding tert-OH is 6. The number of ether oxygens (including phenoxy) is 1. The lowest BCUT2D eigenvalue weighted by molar-refractivity contribution is -0.308. The van der Waals surface area contributed by atoms with E-state index in [0.29, 0.717) is 25.7 Å². The molecule has 2 unspecified atom stereocenters. The maximum Gasteiger partial charge on any atom is 0.303 e. The Bertz CT molecular complexity index is 981. The van der Waals surface area contributed by atoms with E-state index < -0.39 is 77.8 Å². The largest absolute Gasteiger partial charge is 0.481 e. The molecule has 1 heterocycles. The van der Waals surface area contributed by atoms with Gasteiger partial charge < -0.3 is 45.6 Å². The van der Waals surface area contributed by atoms with Crippen LogP contribution in [0.3, 0.4) is 0 Å². The Morgan fingerprint density at radius 2 is 1.63 bits per heavy atom. The molecule has 5 aliphatic rings. The molecule has 1 saturated heterocycles. The van der Waals surface area contributed by atoms with E-state index in [1.54, 1.807) is 0 Å². The van der Waals surface area contributed by atoms with Gasteiger partial charge in [-0.15, -0.1) is 0 Å². The molecule has 41 heavy (non-hydrogen) atoms. The summed E-state index contributed by atoms with van der Waals surface area (Å²) in [5, 5.41) is 86.3. The highest BCUT2D eigenvalue weighted by Crippen LogP contribution is 2.70. The van der Waals surface area contributed by atoms with E-state index in [4.69, 9.17) is 10.5 Å². The zero-order valence-electron chi connectivity index (χ0n) is 24.4. The number of rotatable bonds is 6. The lowest BCUT2D eigenvalue weighted by Crippen LogP contribution is -2.75. The molecular weight excluding hydrogens is 534 g/mol. The molecule has 0 spiro atoms. The molecule has 0 aromatic rings. The topological polar surface area (TPSA) is 214 Å². The van der Waals surface area contributed by atoms with Crippen LogP contribution in [0.15, 0.2) is 0 Å². The van der Waals surface area contributed by atoms with E-state index in [1.165, 1.54) is 0 Å². The van der Waals surface area contributed by atoms with E-state index in [1.807, 2.05) is 0 Å². The Hall–Kier alpha value is -0.890. The van der Waals surface area contributed by atoms with Crippen LogP contribution in [0.5, 0.6) is 0 Å². The second-order valence-electron chi connectivity index (χ2n) is 14.7. The molecule has 0 aromatic carbocycles. The highest BCUT2D eigenvalue weighted by Gasteiger charge is 2.69. The minimum absolute atomic E-state index is 0.00412. The average molecular weight is 586 g/mol. The third-order valence-electron chi connectivity index (χ3n) is 13.1. The Morgan fingerprint density at radius 1 is 0.951 bits per heavy atom. The van der Waals surface area contributed by atoms with Crippen LogP contribution in [0.4, 0.5) is 0 Å². The van der Waals surface area contributed by atoms with Gasteiger partial charge in [-0.05, 0) is 97.2 Å². The van der Waals surface area contributed by atoms with Crippen molar-refractivity contribution in [3.63, 3.8) is 0 Å². The molecule has 0 bridgehead atoms. The zero-order valence-corrected chi connectivity index (χ0v) is 24.4. The van der Waals surface area contributed by atoms with Gasteiger partial charge in [0.15, 0.2) is 5.72 Å². The van der Waals surface area contributed by atoms with Crippen molar-refractivity contribution < 1.29 is 50.4 Å². The Morgan fingerprint density at radius 3 is 2.27 bits per heavy atom. The molecule has 11 heteroatoms. The standard InChI is InChI=1S/C30H51NO10/c1-13(4-7-23(36)37)16-5-6-17-24-18(11-22(35)29(16,17)3)28(2)14(9-20(24)34)8-15(33)10-19(28)25-27(39)30(31,40)26(38)21(12-32)41-25/h13-22,24-27,32-35,38-40H,4-12,31H2,1-3H3,(H,36,37)/t13-,14+,15+,16-,17+,18+,19?,20-,21-,22+,24+,25?,26-,27+,28+,29-,30+/m1/s1. The highest BCUT2D eigenvalue weighted by atomic mass is 16.5. The van der Waals surface area contributed by atoms with E-state index >= 15 is 0 Å². The monoisotopic (exact) mass is 585 g/mol. The van der Waals surface area contributed by atoms with Crippen LogP contribution in [-0.4, -0.2) is 102 Å². The number of carboxylic acids is 1. The lowest BCUT2D eigenvalue weighted by atomic mass is 9.40. The van der Waals surface area contributed by atoms with Gasteiger partial charge in [0.25, 0.3) is 0 Å². The van der Waals surface area contributed by atoms with Crippen LogP contribution in [-0.2, 0) is 9.53 Å². The van der Waals surface area contributed by atoms with Crippen molar-refractivity contribution in [2.24, 2.45) is 58.0 Å². The van der Waals surface area contributed by atoms with Crippen LogP contribution in [0.2, 0.25) is 0 Å². The summed E-state index contributed by atoms with van der Waals surface area (Å²) in [5.41, 5.74) is 2.46. The molecular formula is C30H51NO10. The number of carbonyl (C=O) groups is 1. The van der Waals surface area contributed by atoms with Crippen molar-refractivity contribution in [2.75, 3.05) is 6.61 Å². The molecule has 5 rings (SSSR count). The van der Waals surface area contributed by atoms with Crippen molar-refractivity contribution in [1.29, 1.82) is 0 Å². The Kier molecular flexibility index (Phi) is 8.40. The van der Waals surface area contributed by atoms with Gasteiger partial charge in [0.1, 0.15) is 18.3 Å². The van der Waals surface area contributed by atoms with Crippen LogP contribution in [0.25, 0.3) is 0 Å². The smallest absolute Gasteiger partial charge is 0.303 e. The average Bonchev–Trinajstić information content (AvgIpc) is 3.26. The van der Waals surface area contributed by atoms with Gasteiger partial charge in [-0.25, -0.2) is 0 Å². The van der Waals surface area contributed by atoms with E-state index in [-0.39, 0.29) is 48.3 Å². The lowest BCUT2D eigenvalue weighted by Gasteiger charge is -2.67. The minimum atomic E-state index is -2.44. The number of nitrogens with two attached hydrogens (primary N) is 1. The fraction of sp³-hybridized carbons (Fsp3) is 0.967. The predicted molar refractivity (Wildman–Crippen MR) is 146 cm³/mol. The minimum Gasteiger partial charge on any atom is -0.481 e. The summed E-state index contributed by atoms with van der Waals surface area (Å²) < 4.78 is 6.06. The van der Waals surface area contributed by atoms with Gasteiger partial charge in [0.05, 0.1) is 31.0 Å².